The zero-order chi connectivity index (χ0) is 15.2. The van der Waals surface area contributed by atoms with Crippen LogP contribution in [0.4, 0.5) is 13.2 Å². The van der Waals surface area contributed by atoms with E-state index in [1.807, 2.05) is 13.8 Å². The largest absolute Gasteiger partial charge is 0.391 e. The second-order valence-corrected chi connectivity index (χ2v) is 5.52. The first-order valence-corrected chi connectivity index (χ1v) is 7.49. The average Bonchev–Trinajstić information content (AvgIpc) is 2.43. The molecule has 0 atom stereocenters. The van der Waals surface area contributed by atoms with E-state index in [4.69, 9.17) is 10.5 Å². The fraction of sp³-hybridized carbons (Fsp3) is 1.00. The van der Waals surface area contributed by atoms with E-state index >= 15 is 0 Å². The van der Waals surface area contributed by atoms with Crippen molar-refractivity contribution in [1.29, 1.82) is 0 Å². The zero-order valence-electron chi connectivity index (χ0n) is 12.5. The van der Waals surface area contributed by atoms with Gasteiger partial charge in [0.15, 0.2) is 0 Å². The highest BCUT2D eigenvalue weighted by molar-refractivity contribution is 4.96. The number of nitrogens with two attached hydrogens (primary N) is 1. The van der Waals surface area contributed by atoms with Crippen LogP contribution in [-0.4, -0.2) is 49.5 Å². The second-order valence-electron chi connectivity index (χ2n) is 5.52. The highest BCUT2D eigenvalue weighted by Gasteiger charge is 2.47. The van der Waals surface area contributed by atoms with Crippen molar-refractivity contribution < 1.29 is 17.9 Å². The van der Waals surface area contributed by atoms with Crippen molar-refractivity contribution in [3.05, 3.63) is 0 Å². The molecular weight excluding hydrogens is 269 g/mol. The summed E-state index contributed by atoms with van der Waals surface area (Å²) in [5.41, 5.74) is 5.63. The second kappa shape index (κ2) is 7.61. The van der Waals surface area contributed by atoms with Crippen molar-refractivity contribution in [2.24, 2.45) is 11.7 Å². The number of hydrogen-bond acceptors (Lipinski definition) is 3. The van der Waals surface area contributed by atoms with Crippen molar-refractivity contribution in [2.45, 2.75) is 51.2 Å². The highest BCUT2D eigenvalue weighted by atomic mass is 19.4. The van der Waals surface area contributed by atoms with Gasteiger partial charge in [-0.15, -0.1) is 0 Å². The minimum atomic E-state index is -4.07. The minimum Gasteiger partial charge on any atom is -0.380 e. The van der Waals surface area contributed by atoms with Crippen molar-refractivity contribution in [1.82, 2.24) is 4.90 Å². The number of ether oxygens (including phenoxy) is 1. The van der Waals surface area contributed by atoms with Crippen LogP contribution in [0.15, 0.2) is 0 Å². The Hall–Kier alpha value is -0.330. The maximum atomic E-state index is 12.8. The molecule has 1 saturated carbocycles. The van der Waals surface area contributed by atoms with Gasteiger partial charge < -0.3 is 10.5 Å². The lowest BCUT2D eigenvalue weighted by atomic mass is 9.75. The van der Waals surface area contributed by atoms with Crippen LogP contribution in [0.5, 0.6) is 0 Å². The first kappa shape index (κ1) is 17.7. The predicted octanol–water partition coefficient (Wildman–Crippen LogP) is 2.79. The molecule has 3 nitrogen and oxygen atoms in total. The summed E-state index contributed by atoms with van der Waals surface area (Å²) in [5, 5.41) is 0. The van der Waals surface area contributed by atoms with Crippen molar-refractivity contribution in [2.75, 3.05) is 32.8 Å². The van der Waals surface area contributed by atoms with Crippen molar-refractivity contribution in [3.8, 4) is 0 Å². The van der Waals surface area contributed by atoms with E-state index in [1.165, 1.54) is 0 Å². The van der Waals surface area contributed by atoms with Crippen LogP contribution in [0.2, 0.25) is 0 Å². The van der Waals surface area contributed by atoms with Crippen molar-refractivity contribution >= 4 is 0 Å². The number of likely N-dealkylation sites (N-methyl/N-ethyl adjacent to an activating group) is 1. The smallest absolute Gasteiger partial charge is 0.380 e. The van der Waals surface area contributed by atoms with Gasteiger partial charge in [-0.2, -0.15) is 13.2 Å². The molecule has 0 spiro atoms. The molecule has 0 aromatic heterocycles. The molecule has 1 rings (SSSR count). The van der Waals surface area contributed by atoms with Crippen LogP contribution < -0.4 is 5.73 Å². The maximum absolute atomic E-state index is 12.8. The van der Waals surface area contributed by atoms with Gasteiger partial charge in [-0.05, 0) is 39.2 Å². The van der Waals surface area contributed by atoms with E-state index in [0.717, 1.165) is 13.1 Å². The Balaban J connectivity index is 2.63. The van der Waals surface area contributed by atoms with E-state index in [0.29, 0.717) is 32.6 Å². The molecule has 0 heterocycles. The summed E-state index contributed by atoms with van der Waals surface area (Å²) < 4.78 is 43.7. The quantitative estimate of drug-likeness (QED) is 0.734. The third kappa shape index (κ3) is 4.33. The van der Waals surface area contributed by atoms with Crippen LogP contribution >= 0.6 is 0 Å². The van der Waals surface area contributed by atoms with Gasteiger partial charge in [0, 0.05) is 25.2 Å². The molecule has 0 radical (unpaired) electrons. The van der Waals surface area contributed by atoms with Crippen LogP contribution in [0.25, 0.3) is 0 Å². The molecule has 0 aromatic carbocycles. The summed E-state index contributed by atoms with van der Waals surface area (Å²) in [5.74, 6) is -1.16. The molecule has 2 N–H and O–H groups in total. The first-order chi connectivity index (χ1) is 9.39. The molecule has 0 bridgehead atoms. The van der Waals surface area contributed by atoms with E-state index < -0.39 is 12.1 Å². The first-order valence-electron chi connectivity index (χ1n) is 7.49. The Morgan fingerprint density at radius 3 is 2.25 bits per heavy atom. The highest BCUT2D eigenvalue weighted by Crippen LogP contribution is 2.42. The summed E-state index contributed by atoms with van der Waals surface area (Å²) in [6.07, 6.45) is -2.65. The van der Waals surface area contributed by atoms with Gasteiger partial charge >= 0.3 is 6.18 Å². The Morgan fingerprint density at radius 2 is 1.85 bits per heavy atom. The minimum absolute atomic E-state index is 0.186. The normalized spacial score (nSPS) is 28.1. The maximum Gasteiger partial charge on any atom is 0.391 e. The Labute approximate surface area is 119 Å². The topological polar surface area (TPSA) is 38.5 Å². The summed E-state index contributed by atoms with van der Waals surface area (Å²) in [6, 6.07) is 0. The van der Waals surface area contributed by atoms with Gasteiger partial charge in [0.05, 0.1) is 12.5 Å². The molecule has 120 valence electrons. The molecule has 1 aliphatic carbocycles. The lowest BCUT2D eigenvalue weighted by molar-refractivity contribution is -0.188. The molecule has 0 aromatic rings. The lowest BCUT2D eigenvalue weighted by Crippen LogP contribution is -2.57. The van der Waals surface area contributed by atoms with Gasteiger partial charge in [0.25, 0.3) is 0 Å². The molecule has 0 unspecified atom stereocenters. The van der Waals surface area contributed by atoms with E-state index in [1.54, 1.807) is 0 Å². The van der Waals surface area contributed by atoms with Crippen LogP contribution in [0, 0.1) is 5.92 Å². The van der Waals surface area contributed by atoms with Gasteiger partial charge in [-0.1, -0.05) is 6.92 Å². The number of alkyl halides is 3. The van der Waals surface area contributed by atoms with Crippen LogP contribution in [-0.2, 0) is 4.74 Å². The third-order valence-corrected chi connectivity index (χ3v) is 4.52. The molecule has 20 heavy (non-hydrogen) atoms. The number of hydrogen-bond donors (Lipinski definition) is 1. The summed E-state index contributed by atoms with van der Waals surface area (Å²) in [7, 11) is 0. The standard InChI is InChI=1S/C14H27F3N2O/c1-3-19(9-10-20-4-2)13(11-18)7-5-12(6-8-13)14(15,16)17/h12H,3-11,18H2,1-2H3. The van der Waals surface area contributed by atoms with Gasteiger partial charge in [-0.25, -0.2) is 0 Å². The lowest BCUT2D eigenvalue weighted by Gasteiger charge is -2.47. The predicted molar refractivity (Wildman–Crippen MR) is 73.5 cm³/mol. The summed E-state index contributed by atoms with van der Waals surface area (Å²) >= 11 is 0. The third-order valence-electron chi connectivity index (χ3n) is 4.52. The average molecular weight is 296 g/mol. The fourth-order valence-electron chi connectivity index (χ4n) is 3.18. The SMILES string of the molecule is CCOCCN(CC)C1(CN)CCC(C(F)(F)F)CC1. The molecule has 6 heteroatoms. The zero-order valence-corrected chi connectivity index (χ0v) is 12.5. The fourth-order valence-corrected chi connectivity index (χ4v) is 3.18. The van der Waals surface area contributed by atoms with E-state index in [2.05, 4.69) is 4.90 Å². The molecular formula is C14H27F3N2O. The van der Waals surface area contributed by atoms with Crippen LogP contribution in [0.3, 0.4) is 0 Å². The molecule has 1 aliphatic rings. The summed E-state index contributed by atoms with van der Waals surface area (Å²) in [6.45, 7) is 7.16. The Morgan fingerprint density at radius 1 is 1.25 bits per heavy atom. The van der Waals surface area contributed by atoms with E-state index in [9.17, 15) is 13.2 Å². The van der Waals surface area contributed by atoms with Gasteiger partial charge in [-0.3, -0.25) is 4.90 Å². The van der Waals surface area contributed by atoms with Gasteiger partial charge in [0.2, 0.25) is 0 Å². The number of rotatable bonds is 7. The Bertz CT molecular complexity index is 276. The molecule has 0 aliphatic heterocycles. The molecule has 0 saturated heterocycles. The van der Waals surface area contributed by atoms with Crippen molar-refractivity contribution in [3.63, 3.8) is 0 Å². The van der Waals surface area contributed by atoms with Gasteiger partial charge in [0.1, 0.15) is 0 Å². The number of nitrogens with zero attached hydrogens (tertiary/aromatic N) is 1. The monoisotopic (exact) mass is 296 g/mol. The van der Waals surface area contributed by atoms with Crippen LogP contribution in [0.1, 0.15) is 39.5 Å². The Kier molecular flexibility index (Phi) is 6.75. The van der Waals surface area contributed by atoms with E-state index in [-0.39, 0.29) is 18.4 Å². The number of halogens is 3. The summed E-state index contributed by atoms with van der Waals surface area (Å²) in [4.78, 5) is 2.20. The molecule has 1 fully saturated rings. The molecule has 0 amide bonds.